The van der Waals surface area contributed by atoms with E-state index in [1.54, 1.807) is 18.3 Å². The molecule has 0 saturated carbocycles. The monoisotopic (exact) mass is 287 g/mol. The Hall–Kier alpha value is -2.31. The summed E-state index contributed by atoms with van der Waals surface area (Å²) in [6.45, 7) is 1.13. The summed E-state index contributed by atoms with van der Waals surface area (Å²) in [6, 6.07) is 9.84. The summed E-state index contributed by atoms with van der Waals surface area (Å²) in [6.07, 6.45) is 3.70. The van der Waals surface area contributed by atoms with Crippen LogP contribution < -0.4 is 5.32 Å². The van der Waals surface area contributed by atoms with E-state index in [4.69, 9.17) is 0 Å². The second kappa shape index (κ2) is 7.47. The topological polar surface area (TPSA) is 88.3 Å². The van der Waals surface area contributed by atoms with Gasteiger partial charge in [0.05, 0.1) is 11.0 Å². The highest BCUT2D eigenvalue weighted by atomic mass is 16.6. The van der Waals surface area contributed by atoms with Crippen molar-refractivity contribution in [1.82, 2.24) is 10.3 Å². The Kier molecular flexibility index (Phi) is 5.36. The smallest absolute Gasteiger partial charge is 0.269 e. The summed E-state index contributed by atoms with van der Waals surface area (Å²) >= 11 is 0. The molecule has 6 nitrogen and oxygen atoms in total. The lowest BCUT2D eigenvalue weighted by Gasteiger charge is -2.12. The molecule has 1 unspecified atom stereocenters. The number of nitro benzene ring substituents is 1. The number of aliphatic hydroxyl groups is 1. The number of nitrogens with one attached hydrogen (secondary N) is 1. The van der Waals surface area contributed by atoms with Crippen LogP contribution in [0.2, 0.25) is 0 Å². The zero-order chi connectivity index (χ0) is 15.1. The largest absolute Gasteiger partial charge is 0.387 e. The van der Waals surface area contributed by atoms with E-state index in [1.807, 2.05) is 18.3 Å². The molecule has 0 aliphatic heterocycles. The van der Waals surface area contributed by atoms with Crippen LogP contribution in [0, 0.1) is 10.1 Å². The van der Waals surface area contributed by atoms with Crippen LogP contribution in [0.25, 0.3) is 0 Å². The van der Waals surface area contributed by atoms with Crippen LogP contribution in [0.5, 0.6) is 0 Å². The number of pyridine rings is 1. The summed E-state index contributed by atoms with van der Waals surface area (Å²) in [5, 5.41) is 23.7. The molecule has 0 aliphatic carbocycles. The molecule has 0 saturated heterocycles. The average molecular weight is 287 g/mol. The molecule has 1 atom stereocenters. The third kappa shape index (κ3) is 4.62. The molecule has 0 fully saturated rings. The van der Waals surface area contributed by atoms with Gasteiger partial charge in [0.1, 0.15) is 0 Å². The Morgan fingerprint density at radius 1 is 1.29 bits per heavy atom. The Morgan fingerprint density at radius 2 is 2.05 bits per heavy atom. The maximum atomic E-state index is 10.6. The number of hydrogen-bond donors (Lipinski definition) is 2. The van der Waals surface area contributed by atoms with Crippen molar-refractivity contribution in [3.63, 3.8) is 0 Å². The van der Waals surface area contributed by atoms with Crippen LogP contribution in [0.4, 0.5) is 5.69 Å². The number of hydrogen-bond acceptors (Lipinski definition) is 5. The van der Waals surface area contributed by atoms with Gasteiger partial charge in [-0.15, -0.1) is 0 Å². The van der Waals surface area contributed by atoms with Gasteiger partial charge in [0.25, 0.3) is 5.69 Å². The number of nitro groups is 1. The molecule has 0 bridgehead atoms. The lowest BCUT2D eigenvalue weighted by atomic mass is 10.1. The fourth-order valence-corrected chi connectivity index (χ4v) is 1.95. The first-order chi connectivity index (χ1) is 10.2. The molecule has 1 aromatic heterocycles. The Labute approximate surface area is 122 Å². The molecule has 21 heavy (non-hydrogen) atoms. The molecular formula is C15H17N3O3. The first-order valence-electron chi connectivity index (χ1n) is 6.69. The van der Waals surface area contributed by atoms with Crippen LogP contribution in [-0.2, 0) is 6.42 Å². The van der Waals surface area contributed by atoms with Crippen molar-refractivity contribution in [3.8, 4) is 0 Å². The van der Waals surface area contributed by atoms with Crippen molar-refractivity contribution in [3.05, 3.63) is 70.0 Å². The molecule has 2 aromatic rings. The maximum absolute atomic E-state index is 10.6. The standard InChI is InChI=1S/C15H17N3O3/c19-15(13-3-5-14(6-4-13)18(20)21)11-17-9-7-12-2-1-8-16-10-12/h1-6,8,10,15,17,19H,7,9,11H2. The van der Waals surface area contributed by atoms with Gasteiger partial charge in [-0.2, -0.15) is 0 Å². The third-order valence-electron chi connectivity index (χ3n) is 3.14. The van der Waals surface area contributed by atoms with Crippen molar-refractivity contribution in [2.75, 3.05) is 13.1 Å². The second-order valence-corrected chi connectivity index (χ2v) is 4.68. The van der Waals surface area contributed by atoms with Crippen LogP contribution in [-0.4, -0.2) is 28.1 Å². The van der Waals surface area contributed by atoms with Crippen molar-refractivity contribution in [1.29, 1.82) is 0 Å². The summed E-state index contributed by atoms with van der Waals surface area (Å²) in [7, 11) is 0. The van der Waals surface area contributed by atoms with Crippen molar-refractivity contribution in [2.24, 2.45) is 0 Å². The third-order valence-corrected chi connectivity index (χ3v) is 3.14. The van der Waals surface area contributed by atoms with Gasteiger partial charge < -0.3 is 10.4 Å². The average Bonchev–Trinajstić information content (AvgIpc) is 2.52. The van der Waals surface area contributed by atoms with Gasteiger partial charge in [-0.3, -0.25) is 15.1 Å². The van der Waals surface area contributed by atoms with E-state index in [9.17, 15) is 15.2 Å². The lowest BCUT2D eigenvalue weighted by Crippen LogP contribution is -2.23. The number of aromatic nitrogens is 1. The molecule has 0 spiro atoms. The Bertz CT molecular complexity index is 572. The van der Waals surface area contributed by atoms with Gasteiger partial charge >= 0.3 is 0 Å². The zero-order valence-corrected chi connectivity index (χ0v) is 11.5. The van der Waals surface area contributed by atoms with Gasteiger partial charge in [0, 0.05) is 31.1 Å². The minimum absolute atomic E-state index is 0.0236. The predicted molar refractivity (Wildman–Crippen MR) is 78.9 cm³/mol. The van der Waals surface area contributed by atoms with Crippen molar-refractivity contribution >= 4 is 5.69 Å². The highest BCUT2D eigenvalue weighted by molar-refractivity contribution is 5.33. The molecule has 1 heterocycles. The summed E-state index contributed by atoms with van der Waals surface area (Å²) in [5.74, 6) is 0. The molecule has 0 amide bonds. The predicted octanol–water partition coefficient (Wildman–Crippen LogP) is 1.86. The fraction of sp³-hybridized carbons (Fsp3) is 0.267. The van der Waals surface area contributed by atoms with Gasteiger partial charge in [-0.25, -0.2) is 0 Å². The number of aliphatic hydroxyl groups excluding tert-OH is 1. The van der Waals surface area contributed by atoms with E-state index in [0.717, 1.165) is 18.5 Å². The van der Waals surface area contributed by atoms with Crippen molar-refractivity contribution in [2.45, 2.75) is 12.5 Å². The van der Waals surface area contributed by atoms with E-state index < -0.39 is 11.0 Å². The van der Waals surface area contributed by atoms with Crippen LogP contribution in [0.3, 0.4) is 0 Å². The maximum Gasteiger partial charge on any atom is 0.269 e. The van der Waals surface area contributed by atoms with E-state index in [-0.39, 0.29) is 5.69 Å². The summed E-state index contributed by atoms with van der Waals surface area (Å²) in [5.41, 5.74) is 1.82. The first-order valence-corrected chi connectivity index (χ1v) is 6.69. The lowest BCUT2D eigenvalue weighted by molar-refractivity contribution is -0.384. The molecule has 2 rings (SSSR count). The molecular weight excluding hydrogens is 270 g/mol. The Morgan fingerprint density at radius 3 is 2.67 bits per heavy atom. The number of benzene rings is 1. The van der Waals surface area contributed by atoms with Gasteiger partial charge in [0.15, 0.2) is 0 Å². The second-order valence-electron chi connectivity index (χ2n) is 4.68. The zero-order valence-electron chi connectivity index (χ0n) is 11.5. The first kappa shape index (κ1) is 15.1. The van der Waals surface area contributed by atoms with E-state index in [0.29, 0.717) is 12.1 Å². The normalized spacial score (nSPS) is 12.0. The number of nitrogens with zero attached hydrogens (tertiary/aromatic N) is 2. The van der Waals surface area contributed by atoms with Gasteiger partial charge in [0.2, 0.25) is 0 Å². The molecule has 110 valence electrons. The van der Waals surface area contributed by atoms with E-state index in [2.05, 4.69) is 10.3 Å². The Balaban J connectivity index is 1.76. The molecule has 6 heteroatoms. The van der Waals surface area contributed by atoms with Crippen molar-refractivity contribution < 1.29 is 10.0 Å². The SMILES string of the molecule is O=[N+]([O-])c1ccc(C(O)CNCCc2cccnc2)cc1. The van der Waals surface area contributed by atoms with E-state index in [1.165, 1.54) is 12.1 Å². The quantitative estimate of drug-likeness (QED) is 0.461. The molecule has 0 aliphatic rings. The summed E-state index contributed by atoms with van der Waals surface area (Å²) < 4.78 is 0. The molecule has 0 radical (unpaired) electrons. The van der Waals surface area contributed by atoms with E-state index >= 15 is 0 Å². The highest BCUT2D eigenvalue weighted by Crippen LogP contribution is 2.17. The van der Waals surface area contributed by atoms with Gasteiger partial charge in [-0.05, 0) is 42.3 Å². The van der Waals surface area contributed by atoms with Crippen LogP contribution >= 0.6 is 0 Å². The number of non-ortho nitro benzene ring substituents is 1. The highest BCUT2D eigenvalue weighted by Gasteiger charge is 2.10. The number of rotatable bonds is 7. The minimum Gasteiger partial charge on any atom is -0.387 e. The van der Waals surface area contributed by atoms with Gasteiger partial charge in [-0.1, -0.05) is 6.07 Å². The van der Waals surface area contributed by atoms with Crippen LogP contribution in [0.1, 0.15) is 17.2 Å². The fourth-order valence-electron chi connectivity index (χ4n) is 1.95. The molecule has 2 N–H and O–H groups in total. The molecule has 1 aromatic carbocycles. The van der Waals surface area contributed by atoms with Crippen LogP contribution in [0.15, 0.2) is 48.8 Å². The minimum atomic E-state index is -0.681. The summed E-state index contributed by atoms with van der Waals surface area (Å²) in [4.78, 5) is 14.1.